The maximum absolute atomic E-state index is 11.7. The summed E-state index contributed by atoms with van der Waals surface area (Å²) in [7, 11) is -3.53. The highest BCUT2D eigenvalue weighted by molar-refractivity contribution is 7.92. The van der Waals surface area contributed by atoms with Crippen molar-refractivity contribution in [3.05, 3.63) is 16.4 Å². The van der Waals surface area contributed by atoms with E-state index in [0.717, 1.165) is 6.26 Å². The number of carbonyl (C=O) groups excluding carboxylic acids is 1. The molecule has 0 saturated heterocycles. The fourth-order valence-corrected chi connectivity index (χ4v) is 1.29. The highest BCUT2D eigenvalue weighted by Crippen LogP contribution is 2.14. The Hall–Kier alpha value is -1.64. The van der Waals surface area contributed by atoms with Crippen LogP contribution in [-0.2, 0) is 21.2 Å². The lowest BCUT2D eigenvalue weighted by Crippen LogP contribution is -2.47. The largest absolute Gasteiger partial charge is 0.438 e. The van der Waals surface area contributed by atoms with E-state index in [9.17, 15) is 18.0 Å². The number of aromatic nitrogens is 2. The average Bonchev–Trinajstić information content (AvgIpc) is 2.58. The van der Waals surface area contributed by atoms with Gasteiger partial charge in [0.1, 0.15) is 4.75 Å². The third kappa shape index (κ3) is 2.93. The molecule has 0 saturated carbocycles. The van der Waals surface area contributed by atoms with Crippen LogP contribution in [0, 0.1) is 0 Å². The fourth-order valence-electron chi connectivity index (χ4n) is 0.882. The Morgan fingerprint density at radius 1 is 1.53 bits per heavy atom. The van der Waals surface area contributed by atoms with E-state index < -0.39 is 26.2 Å². The van der Waals surface area contributed by atoms with Crippen LogP contribution in [-0.4, -0.2) is 35.5 Å². The molecule has 0 fully saturated rings. The number of rotatable bonds is 4. The van der Waals surface area contributed by atoms with Crippen LogP contribution in [0.3, 0.4) is 0 Å². The van der Waals surface area contributed by atoms with E-state index >= 15 is 0 Å². The minimum Gasteiger partial charge on any atom is -0.347 e. The summed E-state index contributed by atoms with van der Waals surface area (Å²) in [5.74, 6) is -1.30. The highest BCUT2D eigenvalue weighted by atomic mass is 32.2. The topological polar surface area (TPSA) is 122 Å². The van der Waals surface area contributed by atoms with Crippen LogP contribution in [0.1, 0.15) is 19.7 Å². The van der Waals surface area contributed by atoms with Gasteiger partial charge in [0.05, 0.1) is 6.54 Å². The van der Waals surface area contributed by atoms with Crippen LogP contribution in [0.15, 0.2) is 9.32 Å². The van der Waals surface area contributed by atoms with Crippen molar-refractivity contribution in [3.8, 4) is 0 Å². The summed E-state index contributed by atoms with van der Waals surface area (Å²) in [6.07, 6.45) is 0.977. The van der Waals surface area contributed by atoms with Gasteiger partial charge in [-0.1, -0.05) is 5.16 Å². The fraction of sp³-hybridized carbons (Fsp3) is 0.625. The zero-order valence-electron chi connectivity index (χ0n) is 9.60. The van der Waals surface area contributed by atoms with Crippen LogP contribution in [0.2, 0.25) is 0 Å². The molecule has 2 N–H and O–H groups in total. The number of hydrogen-bond donors (Lipinski definition) is 2. The maximum Gasteiger partial charge on any atom is 0.438 e. The molecule has 0 aliphatic carbocycles. The second-order valence-electron chi connectivity index (χ2n) is 4.01. The van der Waals surface area contributed by atoms with Gasteiger partial charge in [0, 0.05) is 6.26 Å². The SMILES string of the molecule is CC(C)(C(=O)NCc1noc(=O)[nH]1)S(C)(=O)=O. The van der Waals surface area contributed by atoms with E-state index in [2.05, 4.69) is 20.0 Å². The summed E-state index contributed by atoms with van der Waals surface area (Å²) in [5.41, 5.74) is 0. The summed E-state index contributed by atoms with van der Waals surface area (Å²) < 4.78 is 25.4. The molecule has 8 nitrogen and oxygen atoms in total. The molecule has 1 aromatic rings. The van der Waals surface area contributed by atoms with E-state index in [1.807, 2.05) is 0 Å². The Labute approximate surface area is 97.3 Å². The quantitative estimate of drug-likeness (QED) is 0.703. The number of sulfone groups is 1. The highest BCUT2D eigenvalue weighted by Gasteiger charge is 2.38. The molecule has 0 unspecified atom stereocenters. The first-order valence-electron chi connectivity index (χ1n) is 4.67. The van der Waals surface area contributed by atoms with Gasteiger partial charge in [-0.3, -0.25) is 14.3 Å². The monoisotopic (exact) mass is 263 g/mol. The number of aromatic amines is 1. The molecule has 9 heteroatoms. The molecule has 0 bridgehead atoms. The zero-order chi connectivity index (χ0) is 13.3. The molecule has 0 spiro atoms. The normalized spacial score (nSPS) is 12.4. The van der Waals surface area contributed by atoms with E-state index in [-0.39, 0.29) is 12.4 Å². The van der Waals surface area contributed by atoms with E-state index in [4.69, 9.17) is 0 Å². The Bertz CT molecular complexity index is 568. The number of nitrogens with zero attached hydrogens (tertiary/aromatic N) is 1. The Kier molecular flexibility index (Phi) is 3.41. The van der Waals surface area contributed by atoms with Crippen LogP contribution < -0.4 is 11.1 Å². The Balaban J connectivity index is 2.71. The van der Waals surface area contributed by atoms with Crippen molar-refractivity contribution >= 4 is 15.7 Å². The van der Waals surface area contributed by atoms with Crippen molar-refractivity contribution in [1.82, 2.24) is 15.5 Å². The summed E-state index contributed by atoms with van der Waals surface area (Å²) in [5, 5.41) is 5.67. The van der Waals surface area contributed by atoms with Crippen LogP contribution in [0.5, 0.6) is 0 Å². The Morgan fingerprint density at radius 3 is 2.53 bits per heavy atom. The van der Waals surface area contributed by atoms with Gasteiger partial charge in [0.25, 0.3) is 0 Å². The smallest absolute Gasteiger partial charge is 0.347 e. The number of H-pyrrole nitrogens is 1. The Morgan fingerprint density at radius 2 is 2.12 bits per heavy atom. The summed E-state index contributed by atoms with van der Waals surface area (Å²) in [6.45, 7) is 2.48. The molecule has 1 amide bonds. The molecule has 0 radical (unpaired) electrons. The average molecular weight is 263 g/mol. The first-order valence-corrected chi connectivity index (χ1v) is 6.56. The first kappa shape index (κ1) is 13.4. The second-order valence-corrected chi connectivity index (χ2v) is 6.57. The van der Waals surface area contributed by atoms with Gasteiger partial charge in [-0.05, 0) is 13.8 Å². The van der Waals surface area contributed by atoms with E-state index in [0.29, 0.717) is 0 Å². The molecular formula is C8H13N3O5S. The summed E-state index contributed by atoms with van der Waals surface area (Å²) >= 11 is 0. The van der Waals surface area contributed by atoms with Gasteiger partial charge >= 0.3 is 5.76 Å². The molecule has 0 aromatic carbocycles. The number of hydrogen-bond acceptors (Lipinski definition) is 6. The van der Waals surface area contributed by atoms with Gasteiger partial charge in [0.15, 0.2) is 15.7 Å². The maximum atomic E-state index is 11.7. The van der Waals surface area contributed by atoms with Crippen LogP contribution >= 0.6 is 0 Å². The van der Waals surface area contributed by atoms with Gasteiger partial charge < -0.3 is 5.32 Å². The molecule has 0 atom stereocenters. The second kappa shape index (κ2) is 4.32. The third-order valence-electron chi connectivity index (χ3n) is 2.38. The number of amides is 1. The molecule has 1 aromatic heterocycles. The lowest BCUT2D eigenvalue weighted by atomic mass is 10.2. The van der Waals surface area contributed by atoms with Crippen LogP contribution in [0.25, 0.3) is 0 Å². The minimum atomic E-state index is -3.53. The molecule has 1 heterocycles. The van der Waals surface area contributed by atoms with E-state index in [1.165, 1.54) is 13.8 Å². The van der Waals surface area contributed by atoms with Gasteiger partial charge in [-0.25, -0.2) is 13.2 Å². The van der Waals surface area contributed by atoms with Crippen molar-refractivity contribution in [1.29, 1.82) is 0 Å². The lowest BCUT2D eigenvalue weighted by molar-refractivity contribution is -0.123. The predicted molar refractivity (Wildman–Crippen MR) is 57.9 cm³/mol. The molecule has 17 heavy (non-hydrogen) atoms. The zero-order valence-corrected chi connectivity index (χ0v) is 10.4. The van der Waals surface area contributed by atoms with Crippen molar-refractivity contribution in [2.24, 2.45) is 0 Å². The molecule has 1 rings (SSSR count). The molecular weight excluding hydrogens is 250 g/mol. The summed E-state index contributed by atoms with van der Waals surface area (Å²) in [4.78, 5) is 24.5. The van der Waals surface area contributed by atoms with Gasteiger partial charge in [0.2, 0.25) is 5.91 Å². The van der Waals surface area contributed by atoms with Gasteiger partial charge in [-0.2, -0.15) is 0 Å². The summed E-state index contributed by atoms with van der Waals surface area (Å²) in [6, 6.07) is 0. The standard InChI is InChI=1S/C8H13N3O5S/c1-8(2,17(3,14)15)6(12)9-4-5-10-7(13)16-11-5/h4H2,1-3H3,(H,9,12)(H,10,11,13). The third-order valence-corrected chi connectivity index (χ3v) is 4.41. The van der Waals surface area contributed by atoms with E-state index in [1.54, 1.807) is 0 Å². The molecule has 96 valence electrons. The van der Waals surface area contributed by atoms with Crippen molar-refractivity contribution in [3.63, 3.8) is 0 Å². The molecule has 0 aliphatic heterocycles. The van der Waals surface area contributed by atoms with Crippen molar-refractivity contribution in [2.45, 2.75) is 25.1 Å². The number of nitrogens with one attached hydrogen (secondary N) is 2. The van der Waals surface area contributed by atoms with Crippen LogP contribution in [0.4, 0.5) is 0 Å². The van der Waals surface area contributed by atoms with Gasteiger partial charge in [-0.15, -0.1) is 0 Å². The van der Waals surface area contributed by atoms with Crippen molar-refractivity contribution < 1.29 is 17.7 Å². The van der Waals surface area contributed by atoms with Crippen molar-refractivity contribution in [2.75, 3.05) is 6.26 Å². The minimum absolute atomic E-state index is 0.108. The predicted octanol–water partition coefficient (Wildman–Crippen LogP) is -1.20. The lowest BCUT2D eigenvalue weighted by Gasteiger charge is -2.20. The molecule has 0 aliphatic rings. The number of carbonyl (C=O) groups is 1. The first-order chi connectivity index (χ1) is 7.64.